The molecule has 0 amide bonds. The summed E-state index contributed by atoms with van der Waals surface area (Å²) in [7, 11) is 0. The van der Waals surface area contributed by atoms with Gasteiger partial charge in [-0.3, -0.25) is 10.1 Å². The lowest BCUT2D eigenvalue weighted by atomic mass is 10.2. The minimum atomic E-state index is -0.461. The van der Waals surface area contributed by atoms with E-state index >= 15 is 0 Å². The molecule has 0 bridgehead atoms. The summed E-state index contributed by atoms with van der Waals surface area (Å²) >= 11 is 1.57. The molecular formula is C12H9N3O2S. The van der Waals surface area contributed by atoms with Gasteiger partial charge in [0.15, 0.2) is 0 Å². The van der Waals surface area contributed by atoms with Crippen LogP contribution in [0.4, 0.5) is 11.4 Å². The first-order valence-corrected chi connectivity index (χ1v) is 6.08. The first kappa shape index (κ1) is 12.1. The zero-order chi connectivity index (χ0) is 13.0. The fourth-order valence-corrected chi connectivity index (χ4v) is 2.17. The second kappa shape index (κ2) is 5.29. The number of nitro benzene ring substituents is 1. The van der Waals surface area contributed by atoms with E-state index in [1.165, 1.54) is 18.2 Å². The van der Waals surface area contributed by atoms with Crippen molar-refractivity contribution in [2.75, 3.05) is 5.32 Å². The molecule has 18 heavy (non-hydrogen) atoms. The zero-order valence-corrected chi connectivity index (χ0v) is 10.1. The first-order chi connectivity index (χ1) is 8.70. The molecule has 0 aliphatic carbocycles. The summed E-state index contributed by atoms with van der Waals surface area (Å²) in [5.74, 6) is 0. The predicted octanol–water partition coefficient (Wildman–Crippen LogP) is 3.14. The first-order valence-electron chi connectivity index (χ1n) is 5.14. The van der Waals surface area contributed by atoms with E-state index in [2.05, 4.69) is 5.32 Å². The minimum absolute atomic E-state index is 0.0239. The van der Waals surface area contributed by atoms with Gasteiger partial charge in [0.25, 0.3) is 5.69 Å². The van der Waals surface area contributed by atoms with Crippen molar-refractivity contribution in [3.05, 3.63) is 56.3 Å². The summed E-state index contributed by atoms with van der Waals surface area (Å²) < 4.78 is 0. The molecule has 1 heterocycles. The van der Waals surface area contributed by atoms with Gasteiger partial charge < -0.3 is 5.32 Å². The van der Waals surface area contributed by atoms with Crippen LogP contribution < -0.4 is 5.32 Å². The van der Waals surface area contributed by atoms with E-state index in [1.807, 2.05) is 22.9 Å². The van der Waals surface area contributed by atoms with Crippen molar-refractivity contribution in [2.24, 2.45) is 0 Å². The summed E-state index contributed by atoms with van der Waals surface area (Å²) in [6.07, 6.45) is 0. The Labute approximate surface area is 107 Å². The molecule has 0 radical (unpaired) electrons. The average molecular weight is 259 g/mol. The highest BCUT2D eigenvalue weighted by Gasteiger charge is 2.13. The van der Waals surface area contributed by atoms with Crippen molar-refractivity contribution in [2.45, 2.75) is 6.54 Å². The number of nitrogens with one attached hydrogen (secondary N) is 1. The van der Waals surface area contributed by atoms with Crippen molar-refractivity contribution >= 4 is 22.7 Å². The molecule has 0 aliphatic rings. The van der Waals surface area contributed by atoms with Crippen molar-refractivity contribution in [3.63, 3.8) is 0 Å². The van der Waals surface area contributed by atoms with Crippen LogP contribution in [0.3, 0.4) is 0 Å². The van der Waals surface area contributed by atoms with Gasteiger partial charge in [-0.2, -0.15) is 16.6 Å². The number of benzene rings is 1. The van der Waals surface area contributed by atoms with Gasteiger partial charge in [-0.25, -0.2) is 0 Å². The zero-order valence-electron chi connectivity index (χ0n) is 9.29. The molecule has 0 spiro atoms. The molecule has 0 unspecified atom stereocenters. The van der Waals surface area contributed by atoms with Crippen LogP contribution in [0.2, 0.25) is 0 Å². The molecule has 0 aliphatic heterocycles. The van der Waals surface area contributed by atoms with Crippen molar-refractivity contribution in [1.29, 1.82) is 5.26 Å². The molecule has 0 fully saturated rings. The molecule has 0 atom stereocenters. The van der Waals surface area contributed by atoms with Gasteiger partial charge in [0.2, 0.25) is 0 Å². The fraction of sp³-hybridized carbons (Fsp3) is 0.0833. The molecule has 5 nitrogen and oxygen atoms in total. The Morgan fingerprint density at radius 3 is 2.89 bits per heavy atom. The summed E-state index contributed by atoms with van der Waals surface area (Å²) in [6, 6.07) is 8.18. The molecule has 0 saturated carbocycles. The van der Waals surface area contributed by atoms with Crippen LogP contribution in [0, 0.1) is 21.4 Å². The third-order valence-corrected chi connectivity index (χ3v) is 3.12. The van der Waals surface area contributed by atoms with E-state index in [4.69, 9.17) is 5.26 Å². The number of hydrogen-bond donors (Lipinski definition) is 1. The monoisotopic (exact) mass is 259 g/mol. The average Bonchev–Trinajstić information content (AvgIpc) is 2.88. The molecule has 6 heteroatoms. The van der Waals surface area contributed by atoms with E-state index in [1.54, 1.807) is 11.3 Å². The lowest BCUT2D eigenvalue weighted by molar-refractivity contribution is -0.384. The maximum atomic E-state index is 10.9. The number of nitro groups is 1. The van der Waals surface area contributed by atoms with E-state index < -0.39 is 4.92 Å². The number of nitrogens with zero attached hydrogens (tertiary/aromatic N) is 2. The number of hydrogen-bond acceptors (Lipinski definition) is 5. The number of anilines is 1. The highest BCUT2D eigenvalue weighted by Crippen LogP contribution is 2.25. The molecule has 1 aromatic carbocycles. The van der Waals surface area contributed by atoms with Crippen LogP contribution in [-0.2, 0) is 6.54 Å². The topological polar surface area (TPSA) is 79.0 Å². The molecule has 1 N–H and O–H groups in total. The number of nitriles is 1. The smallest absolute Gasteiger partial charge is 0.292 e. The van der Waals surface area contributed by atoms with Crippen molar-refractivity contribution in [1.82, 2.24) is 0 Å². The van der Waals surface area contributed by atoms with E-state index in [0.29, 0.717) is 17.8 Å². The van der Waals surface area contributed by atoms with E-state index in [9.17, 15) is 10.1 Å². The van der Waals surface area contributed by atoms with Crippen molar-refractivity contribution in [3.8, 4) is 6.07 Å². The maximum Gasteiger partial charge on any atom is 0.292 e. The maximum absolute atomic E-state index is 10.9. The minimum Gasteiger partial charge on any atom is -0.375 e. The molecule has 0 saturated heterocycles. The van der Waals surface area contributed by atoms with Gasteiger partial charge in [0, 0.05) is 12.6 Å². The Balaban J connectivity index is 2.24. The van der Waals surface area contributed by atoms with Gasteiger partial charge in [0.05, 0.1) is 16.6 Å². The van der Waals surface area contributed by atoms with E-state index in [-0.39, 0.29) is 5.69 Å². The van der Waals surface area contributed by atoms with Crippen LogP contribution in [-0.4, -0.2) is 4.92 Å². The molecular weight excluding hydrogens is 250 g/mol. The van der Waals surface area contributed by atoms with Gasteiger partial charge in [-0.1, -0.05) is 0 Å². The quantitative estimate of drug-likeness (QED) is 0.675. The summed E-state index contributed by atoms with van der Waals surface area (Å²) in [4.78, 5) is 10.4. The SMILES string of the molecule is N#Cc1ccc([N+](=O)[O-])c(NCc2ccsc2)c1. The molecule has 90 valence electrons. The third kappa shape index (κ3) is 2.64. The van der Waals surface area contributed by atoms with Crippen LogP contribution in [0.5, 0.6) is 0 Å². The normalized spacial score (nSPS) is 9.72. The Morgan fingerprint density at radius 2 is 2.28 bits per heavy atom. The highest BCUT2D eigenvalue weighted by atomic mass is 32.1. The molecule has 2 rings (SSSR count). The third-order valence-electron chi connectivity index (χ3n) is 2.39. The van der Waals surface area contributed by atoms with Crippen LogP contribution in [0.1, 0.15) is 11.1 Å². The molecule has 1 aromatic heterocycles. The number of rotatable bonds is 4. The lowest BCUT2D eigenvalue weighted by Crippen LogP contribution is -2.02. The highest BCUT2D eigenvalue weighted by molar-refractivity contribution is 7.07. The lowest BCUT2D eigenvalue weighted by Gasteiger charge is -2.06. The van der Waals surface area contributed by atoms with Gasteiger partial charge in [-0.05, 0) is 34.5 Å². The Bertz CT molecular complexity index is 602. The van der Waals surface area contributed by atoms with Crippen LogP contribution >= 0.6 is 11.3 Å². The Hall–Kier alpha value is -2.39. The Kier molecular flexibility index (Phi) is 3.55. The summed E-state index contributed by atoms with van der Waals surface area (Å²) in [6.45, 7) is 0.499. The van der Waals surface area contributed by atoms with E-state index in [0.717, 1.165) is 5.56 Å². The predicted molar refractivity (Wildman–Crippen MR) is 69.5 cm³/mol. The number of thiophene rings is 1. The van der Waals surface area contributed by atoms with Gasteiger partial charge >= 0.3 is 0 Å². The van der Waals surface area contributed by atoms with Crippen LogP contribution in [0.25, 0.3) is 0 Å². The summed E-state index contributed by atoms with van der Waals surface area (Å²) in [5.41, 5.74) is 1.79. The fourth-order valence-electron chi connectivity index (χ4n) is 1.50. The standard InChI is InChI=1S/C12H9N3O2S/c13-6-9-1-2-12(15(16)17)11(5-9)14-7-10-3-4-18-8-10/h1-5,8,14H,7H2. The van der Waals surface area contributed by atoms with Gasteiger partial charge in [0.1, 0.15) is 5.69 Å². The second-order valence-corrected chi connectivity index (χ2v) is 4.37. The molecule has 2 aromatic rings. The van der Waals surface area contributed by atoms with Crippen molar-refractivity contribution < 1.29 is 4.92 Å². The Morgan fingerprint density at radius 1 is 1.44 bits per heavy atom. The second-order valence-electron chi connectivity index (χ2n) is 3.59. The largest absolute Gasteiger partial charge is 0.375 e. The summed E-state index contributed by atoms with van der Waals surface area (Å²) in [5, 5.41) is 26.6. The van der Waals surface area contributed by atoms with Crippen LogP contribution in [0.15, 0.2) is 35.0 Å². The van der Waals surface area contributed by atoms with Gasteiger partial charge in [-0.15, -0.1) is 0 Å².